The van der Waals surface area contributed by atoms with Crippen molar-refractivity contribution in [1.29, 1.82) is 0 Å². The second-order valence-electron chi connectivity index (χ2n) is 6.18. The number of hydrogen-bond donors (Lipinski definition) is 0. The van der Waals surface area contributed by atoms with Crippen LogP contribution in [0.3, 0.4) is 0 Å². The Morgan fingerprint density at radius 3 is 2.35 bits per heavy atom. The zero-order valence-electron chi connectivity index (χ0n) is 13.9. The van der Waals surface area contributed by atoms with Gasteiger partial charge in [-0.05, 0) is 19.1 Å². The van der Waals surface area contributed by atoms with Gasteiger partial charge in [0.2, 0.25) is 5.66 Å². The fraction of sp³-hybridized carbons (Fsp3) is 0.562. The summed E-state index contributed by atoms with van der Waals surface area (Å²) in [6.07, 6.45) is 0. The average molecular weight is 342 g/mol. The second kappa shape index (κ2) is 7.14. The van der Waals surface area contributed by atoms with Gasteiger partial charge in [0.05, 0.1) is 13.7 Å². The molecule has 1 atom stereocenters. The van der Waals surface area contributed by atoms with Crippen molar-refractivity contribution in [3.63, 3.8) is 0 Å². The van der Waals surface area contributed by atoms with E-state index in [1.165, 1.54) is 0 Å². The van der Waals surface area contributed by atoms with E-state index in [9.17, 15) is 9.69 Å². The van der Waals surface area contributed by atoms with E-state index in [0.29, 0.717) is 11.3 Å². The van der Waals surface area contributed by atoms with Gasteiger partial charge in [0.15, 0.2) is 0 Å². The molecule has 0 N–H and O–H groups in total. The molecule has 1 aliphatic heterocycles. The largest absolute Gasteiger partial charge is 0.630 e. The molecule has 1 saturated heterocycles. The van der Waals surface area contributed by atoms with Crippen LogP contribution in [0.4, 0.5) is 0 Å². The fourth-order valence-corrected chi connectivity index (χ4v) is 4.51. The topological polar surface area (TPSA) is 77.1 Å². The zero-order valence-corrected chi connectivity index (χ0v) is 14.8. The highest BCUT2D eigenvalue weighted by molar-refractivity contribution is 7.60. The molecule has 1 fully saturated rings. The van der Waals surface area contributed by atoms with E-state index in [4.69, 9.17) is 18.5 Å². The number of esters is 1. The Morgan fingerprint density at radius 1 is 1.30 bits per heavy atom. The number of rotatable bonds is 5. The highest BCUT2D eigenvalue weighted by Gasteiger charge is 2.52. The summed E-state index contributed by atoms with van der Waals surface area (Å²) >= 11 is 0. The van der Waals surface area contributed by atoms with Crippen molar-refractivity contribution in [3.05, 3.63) is 29.8 Å². The predicted octanol–water partition coefficient (Wildman–Crippen LogP) is 2.50. The predicted molar refractivity (Wildman–Crippen MR) is 85.0 cm³/mol. The minimum atomic E-state index is -3.65. The van der Waals surface area contributed by atoms with Gasteiger partial charge in [0.25, 0.3) is 7.94 Å². The molecule has 7 heteroatoms. The van der Waals surface area contributed by atoms with E-state index < -0.39 is 19.6 Å². The van der Waals surface area contributed by atoms with E-state index in [-0.39, 0.29) is 25.2 Å². The minimum Gasteiger partial charge on any atom is -0.630 e. The SMILES string of the molecule is CCOC(=O)C(c1ccc(OC)cc1)[P+]1([O-])OCC(C)(C)CO1. The van der Waals surface area contributed by atoms with Gasteiger partial charge < -0.3 is 14.4 Å². The maximum Gasteiger partial charge on any atom is 0.357 e. The van der Waals surface area contributed by atoms with Crippen LogP contribution >= 0.6 is 7.94 Å². The molecule has 1 aromatic carbocycles. The molecule has 0 bridgehead atoms. The fourth-order valence-electron chi connectivity index (χ4n) is 2.21. The minimum absolute atomic E-state index is 0.191. The highest BCUT2D eigenvalue weighted by atomic mass is 31.2. The first-order chi connectivity index (χ1) is 10.8. The van der Waals surface area contributed by atoms with Crippen molar-refractivity contribution in [2.75, 3.05) is 26.9 Å². The lowest BCUT2D eigenvalue weighted by Crippen LogP contribution is -2.39. The maximum atomic E-state index is 13.1. The third-order valence-electron chi connectivity index (χ3n) is 3.53. The maximum absolute atomic E-state index is 13.1. The van der Waals surface area contributed by atoms with Gasteiger partial charge in [-0.15, -0.1) is 0 Å². The van der Waals surface area contributed by atoms with Crippen LogP contribution in [0.1, 0.15) is 32.0 Å². The van der Waals surface area contributed by atoms with Gasteiger partial charge in [0, 0.05) is 11.0 Å². The van der Waals surface area contributed by atoms with E-state index in [0.717, 1.165) is 0 Å². The lowest BCUT2D eigenvalue weighted by molar-refractivity contribution is -0.237. The summed E-state index contributed by atoms with van der Waals surface area (Å²) in [6, 6.07) is 6.74. The number of methoxy groups -OCH3 is 1. The summed E-state index contributed by atoms with van der Waals surface area (Å²) in [5.74, 6) is 0.0296. The van der Waals surface area contributed by atoms with Crippen molar-refractivity contribution in [1.82, 2.24) is 0 Å². The summed E-state index contributed by atoms with van der Waals surface area (Å²) in [5, 5.41) is 0. The Kier molecular flexibility index (Phi) is 5.63. The third kappa shape index (κ3) is 4.21. The molecular formula is C16H23O6P. The Hall–Kier alpha value is -1.20. The molecule has 0 radical (unpaired) electrons. The third-order valence-corrected chi connectivity index (χ3v) is 5.65. The molecule has 128 valence electrons. The average Bonchev–Trinajstić information content (AvgIpc) is 2.52. The normalized spacial score (nSPS) is 20.6. The molecule has 2 rings (SSSR count). The number of carbonyl (C=O) groups is 1. The van der Waals surface area contributed by atoms with Crippen LogP contribution in [0.2, 0.25) is 0 Å². The van der Waals surface area contributed by atoms with E-state index in [2.05, 4.69) is 0 Å². The standard InChI is InChI=1S/C16H23O6P/c1-5-20-15(17)14(12-6-8-13(19-4)9-7-12)23(18)21-10-16(2,3)11-22-23/h6-9,14H,5,10-11H2,1-4H3. The van der Waals surface area contributed by atoms with E-state index in [1.54, 1.807) is 38.3 Å². The number of carbonyl (C=O) groups excluding carboxylic acids is 1. The Morgan fingerprint density at radius 2 is 1.87 bits per heavy atom. The molecule has 1 aromatic rings. The van der Waals surface area contributed by atoms with Crippen LogP contribution in [0, 0.1) is 5.41 Å². The van der Waals surface area contributed by atoms with Gasteiger partial charge in [-0.25, -0.2) is 13.8 Å². The smallest absolute Gasteiger partial charge is 0.357 e. The van der Waals surface area contributed by atoms with Crippen LogP contribution in [0.15, 0.2) is 24.3 Å². The number of benzene rings is 1. The molecule has 1 unspecified atom stereocenters. The lowest BCUT2D eigenvalue weighted by atomic mass is 9.97. The van der Waals surface area contributed by atoms with Gasteiger partial charge in [-0.2, -0.15) is 0 Å². The summed E-state index contributed by atoms with van der Waals surface area (Å²) in [6.45, 7) is 6.31. The molecule has 0 spiro atoms. The van der Waals surface area contributed by atoms with E-state index >= 15 is 0 Å². The van der Waals surface area contributed by atoms with Crippen LogP contribution in [0.5, 0.6) is 5.75 Å². The highest BCUT2D eigenvalue weighted by Crippen LogP contribution is 2.67. The monoisotopic (exact) mass is 342 g/mol. The number of ether oxygens (including phenoxy) is 2. The molecule has 1 aliphatic rings. The molecule has 23 heavy (non-hydrogen) atoms. The molecule has 6 nitrogen and oxygen atoms in total. The summed E-state index contributed by atoms with van der Waals surface area (Å²) in [5.41, 5.74) is -0.815. The number of hydrogen-bond acceptors (Lipinski definition) is 6. The van der Waals surface area contributed by atoms with Crippen LogP contribution in [-0.4, -0.2) is 32.9 Å². The molecule has 0 aliphatic carbocycles. The Bertz CT molecular complexity index is 532. The van der Waals surface area contributed by atoms with Crippen molar-refractivity contribution in [2.45, 2.75) is 26.4 Å². The van der Waals surface area contributed by atoms with Crippen molar-refractivity contribution in [2.24, 2.45) is 5.41 Å². The molecule has 0 saturated carbocycles. The Balaban J connectivity index is 2.31. The second-order valence-corrected chi connectivity index (χ2v) is 8.29. The lowest BCUT2D eigenvalue weighted by Gasteiger charge is -2.40. The molecule has 1 heterocycles. The summed E-state index contributed by atoms with van der Waals surface area (Å²) < 4.78 is 21.2. The first-order valence-corrected chi connectivity index (χ1v) is 9.12. The quantitative estimate of drug-likeness (QED) is 0.604. The molecule has 0 amide bonds. The van der Waals surface area contributed by atoms with Gasteiger partial charge >= 0.3 is 5.97 Å². The first-order valence-electron chi connectivity index (χ1n) is 7.51. The Labute approximate surface area is 137 Å². The van der Waals surface area contributed by atoms with Gasteiger partial charge in [0.1, 0.15) is 19.0 Å². The summed E-state index contributed by atoms with van der Waals surface area (Å²) in [7, 11) is -2.10. The van der Waals surface area contributed by atoms with Crippen LogP contribution in [-0.2, 0) is 18.6 Å². The molecular weight excluding hydrogens is 319 g/mol. The van der Waals surface area contributed by atoms with Crippen molar-refractivity contribution in [3.8, 4) is 5.75 Å². The van der Waals surface area contributed by atoms with E-state index in [1.807, 2.05) is 13.8 Å². The van der Waals surface area contributed by atoms with Crippen molar-refractivity contribution >= 4 is 13.9 Å². The van der Waals surface area contributed by atoms with Crippen LogP contribution in [0.25, 0.3) is 0 Å². The van der Waals surface area contributed by atoms with Gasteiger partial charge in [-0.1, -0.05) is 26.0 Å². The molecule has 0 aromatic heterocycles. The zero-order chi connectivity index (χ0) is 17.1. The summed E-state index contributed by atoms with van der Waals surface area (Å²) in [4.78, 5) is 25.5. The first kappa shape index (κ1) is 18.1. The van der Waals surface area contributed by atoms with Gasteiger partial charge in [-0.3, -0.25) is 0 Å². The van der Waals surface area contributed by atoms with Crippen LogP contribution < -0.4 is 9.63 Å². The van der Waals surface area contributed by atoms with Crippen molar-refractivity contribution < 1.29 is 28.2 Å².